The molecule has 0 bridgehead atoms. The van der Waals surface area contributed by atoms with Crippen LogP contribution in [0.2, 0.25) is 0 Å². The van der Waals surface area contributed by atoms with Crippen LogP contribution in [-0.2, 0) is 9.53 Å². The van der Waals surface area contributed by atoms with E-state index in [1.165, 1.54) is 6.07 Å². The number of hydrogen-bond donors (Lipinski definition) is 2. The first-order valence-corrected chi connectivity index (χ1v) is 8.32. The highest BCUT2D eigenvalue weighted by atomic mass is 19.1. The number of carbonyl (C=O) groups is 1. The van der Waals surface area contributed by atoms with Gasteiger partial charge in [0.1, 0.15) is 11.4 Å². The van der Waals surface area contributed by atoms with Gasteiger partial charge in [-0.05, 0) is 58.2 Å². The van der Waals surface area contributed by atoms with Gasteiger partial charge in [-0.2, -0.15) is 0 Å². The zero-order valence-electron chi connectivity index (χ0n) is 14.6. The third-order valence-corrected chi connectivity index (χ3v) is 4.12. The molecule has 0 spiro atoms. The molecule has 1 saturated heterocycles. The van der Waals surface area contributed by atoms with Gasteiger partial charge in [-0.15, -0.1) is 0 Å². The predicted molar refractivity (Wildman–Crippen MR) is 92.3 cm³/mol. The Morgan fingerprint density at radius 1 is 1.38 bits per heavy atom. The first-order chi connectivity index (χ1) is 11.1. The minimum Gasteiger partial charge on any atom is -0.460 e. The van der Waals surface area contributed by atoms with Gasteiger partial charge in [0.05, 0.1) is 17.7 Å². The van der Waals surface area contributed by atoms with E-state index in [4.69, 9.17) is 10.5 Å². The summed E-state index contributed by atoms with van der Waals surface area (Å²) in [5, 5.41) is 10.8. The lowest BCUT2D eigenvalue weighted by atomic mass is 9.91. The number of esters is 1. The number of anilines is 2. The smallest absolute Gasteiger partial charge is 0.309 e. The third-order valence-electron chi connectivity index (χ3n) is 4.12. The summed E-state index contributed by atoms with van der Waals surface area (Å²) in [6.07, 6.45) is 1.50. The number of ether oxygens (including phenoxy) is 1. The fourth-order valence-corrected chi connectivity index (χ4v) is 3.02. The van der Waals surface area contributed by atoms with Crippen LogP contribution in [0, 0.1) is 5.82 Å². The number of nitrogens with two attached hydrogens (primary N) is 1. The molecule has 1 aromatic rings. The molecule has 134 valence electrons. The molecule has 0 aliphatic carbocycles. The van der Waals surface area contributed by atoms with Gasteiger partial charge in [0.25, 0.3) is 0 Å². The fraction of sp³-hybridized carbons (Fsp3) is 0.611. The van der Waals surface area contributed by atoms with E-state index in [2.05, 4.69) is 0 Å². The summed E-state index contributed by atoms with van der Waals surface area (Å²) in [6.45, 7) is 6.49. The number of halogens is 1. The Labute approximate surface area is 142 Å². The first-order valence-electron chi connectivity index (χ1n) is 8.32. The van der Waals surface area contributed by atoms with E-state index in [-0.39, 0.29) is 12.2 Å². The second-order valence-electron chi connectivity index (χ2n) is 7.54. The maximum atomic E-state index is 14.1. The molecule has 1 fully saturated rings. The normalized spacial score (nSPS) is 22.1. The first kappa shape index (κ1) is 18.5. The Morgan fingerprint density at radius 2 is 2.08 bits per heavy atom. The van der Waals surface area contributed by atoms with Crippen molar-refractivity contribution in [2.75, 3.05) is 23.7 Å². The lowest BCUT2D eigenvalue weighted by Gasteiger charge is -2.28. The molecule has 6 heteroatoms. The van der Waals surface area contributed by atoms with Crippen LogP contribution in [0.4, 0.5) is 15.8 Å². The molecule has 0 aromatic heterocycles. The standard InChI is InChI=1S/C18H27FN2O3/c1-17(2,3)24-16(22)12-18(23)7-4-9-21(10-8-18)15-6-5-13(20)11-14(15)19/h5-6,11,23H,4,7-10,12,20H2,1-3H3. The van der Waals surface area contributed by atoms with Gasteiger partial charge in [0.2, 0.25) is 0 Å². The molecule has 5 nitrogen and oxygen atoms in total. The fourth-order valence-electron chi connectivity index (χ4n) is 3.02. The maximum Gasteiger partial charge on any atom is 0.309 e. The minimum absolute atomic E-state index is 0.0394. The van der Waals surface area contributed by atoms with Crippen LogP contribution >= 0.6 is 0 Å². The molecule has 1 heterocycles. The van der Waals surface area contributed by atoms with Crippen molar-refractivity contribution in [1.82, 2.24) is 0 Å². The van der Waals surface area contributed by atoms with Crippen molar-refractivity contribution < 1.29 is 19.0 Å². The average molecular weight is 338 g/mol. The molecular formula is C18H27FN2O3. The third kappa shape index (κ3) is 5.09. The largest absolute Gasteiger partial charge is 0.460 e. The molecule has 1 aliphatic heterocycles. The van der Waals surface area contributed by atoms with Crippen LogP contribution in [0.3, 0.4) is 0 Å². The highest BCUT2D eigenvalue weighted by Crippen LogP contribution is 2.30. The maximum absolute atomic E-state index is 14.1. The quantitative estimate of drug-likeness (QED) is 0.655. The van der Waals surface area contributed by atoms with Crippen LogP contribution in [0.15, 0.2) is 18.2 Å². The van der Waals surface area contributed by atoms with E-state index in [1.807, 2.05) is 4.90 Å². The van der Waals surface area contributed by atoms with E-state index in [0.717, 1.165) is 0 Å². The SMILES string of the molecule is CC(C)(C)OC(=O)CC1(O)CCCN(c2ccc(N)cc2F)CC1. The van der Waals surface area contributed by atoms with E-state index in [1.54, 1.807) is 32.9 Å². The summed E-state index contributed by atoms with van der Waals surface area (Å²) < 4.78 is 19.4. The van der Waals surface area contributed by atoms with Crippen molar-refractivity contribution in [2.24, 2.45) is 0 Å². The number of nitrogens with zero attached hydrogens (tertiary/aromatic N) is 1. The second kappa shape index (κ2) is 6.97. The lowest BCUT2D eigenvalue weighted by Crippen LogP contribution is -2.36. The minimum atomic E-state index is -1.11. The summed E-state index contributed by atoms with van der Waals surface area (Å²) in [7, 11) is 0. The second-order valence-corrected chi connectivity index (χ2v) is 7.54. The van der Waals surface area contributed by atoms with Gasteiger partial charge < -0.3 is 20.5 Å². The van der Waals surface area contributed by atoms with E-state index >= 15 is 0 Å². The van der Waals surface area contributed by atoms with Crippen molar-refractivity contribution >= 4 is 17.3 Å². The molecule has 1 aliphatic rings. The van der Waals surface area contributed by atoms with E-state index < -0.39 is 17.2 Å². The Hall–Kier alpha value is -1.82. The Bertz CT molecular complexity index is 600. The molecule has 1 aromatic carbocycles. The van der Waals surface area contributed by atoms with Gasteiger partial charge in [0.15, 0.2) is 0 Å². The van der Waals surface area contributed by atoms with Crippen LogP contribution in [-0.4, -0.2) is 35.4 Å². The number of carbonyl (C=O) groups excluding carboxylic acids is 1. The van der Waals surface area contributed by atoms with Gasteiger partial charge in [-0.1, -0.05) is 0 Å². The Kier molecular flexibility index (Phi) is 5.38. The van der Waals surface area contributed by atoms with Crippen molar-refractivity contribution in [3.05, 3.63) is 24.0 Å². The van der Waals surface area contributed by atoms with Gasteiger partial charge in [-0.25, -0.2) is 4.39 Å². The number of nitrogen functional groups attached to an aromatic ring is 1. The van der Waals surface area contributed by atoms with E-state index in [0.29, 0.717) is 43.7 Å². The lowest BCUT2D eigenvalue weighted by molar-refractivity contribution is -0.160. The molecule has 1 atom stereocenters. The molecular weight excluding hydrogens is 311 g/mol. The average Bonchev–Trinajstić information content (AvgIpc) is 2.58. The summed E-state index contributed by atoms with van der Waals surface area (Å²) in [5.74, 6) is -0.773. The zero-order chi connectivity index (χ0) is 18.0. The highest BCUT2D eigenvalue weighted by Gasteiger charge is 2.34. The molecule has 1 unspecified atom stereocenters. The monoisotopic (exact) mass is 338 g/mol. The number of benzene rings is 1. The Balaban J connectivity index is 2.02. The van der Waals surface area contributed by atoms with Crippen molar-refractivity contribution in [3.63, 3.8) is 0 Å². The van der Waals surface area contributed by atoms with Crippen LogP contribution < -0.4 is 10.6 Å². The summed E-state index contributed by atoms with van der Waals surface area (Å²) >= 11 is 0. The van der Waals surface area contributed by atoms with Gasteiger partial charge >= 0.3 is 5.97 Å². The van der Waals surface area contributed by atoms with Crippen molar-refractivity contribution in [2.45, 2.75) is 57.7 Å². The van der Waals surface area contributed by atoms with Gasteiger partial charge in [-0.3, -0.25) is 4.79 Å². The zero-order valence-corrected chi connectivity index (χ0v) is 14.6. The highest BCUT2D eigenvalue weighted by molar-refractivity contribution is 5.71. The van der Waals surface area contributed by atoms with E-state index in [9.17, 15) is 14.3 Å². The van der Waals surface area contributed by atoms with Crippen molar-refractivity contribution in [1.29, 1.82) is 0 Å². The molecule has 0 saturated carbocycles. The number of aliphatic hydroxyl groups is 1. The molecule has 2 rings (SSSR count). The molecule has 0 amide bonds. The summed E-state index contributed by atoms with van der Waals surface area (Å²) in [6, 6.07) is 4.62. The number of rotatable bonds is 3. The van der Waals surface area contributed by atoms with Crippen molar-refractivity contribution in [3.8, 4) is 0 Å². The van der Waals surface area contributed by atoms with Gasteiger partial charge in [0, 0.05) is 18.8 Å². The molecule has 0 radical (unpaired) electrons. The predicted octanol–water partition coefficient (Wildman–Crippen LogP) is 2.86. The van der Waals surface area contributed by atoms with Crippen LogP contribution in [0.1, 0.15) is 46.5 Å². The molecule has 3 N–H and O–H groups in total. The topological polar surface area (TPSA) is 75.8 Å². The summed E-state index contributed by atoms with van der Waals surface area (Å²) in [5.41, 5.74) is 4.76. The summed E-state index contributed by atoms with van der Waals surface area (Å²) in [4.78, 5) is 13.9. The van der Waals surface area contributed by atoms with Crippen LogP contribution in [0.25, 0.3) is 0 Å². The van der Waals surface area contributed by atoms with Crippen LogP contribution in [0.5, 0.6) is 0 Å². The Morgan fingerprint density at radius 3 is 2.71 bits per heavy atom. The molecule has 24 heavy (non-hydrogen) atoms. The number of hydrogen-bond acceptors (Lipinski definition) is 5.